The van der Waals surface area contributed by atoms with Crippen molar-refractivity contribution in [2.45, 2.75) is 4.90 Å². The lowest BCUT2D eigenvalue weighted by molar-refractivity contribution is 0.636. The minimum atomic E-state index is -0.246. The molecule has 0 N–H and O–H groups in total. The van der Waals surface area contributed by atoms with E-state index in [9.17, 15) is 4.39 Å². The van der Waals surface area contributed by atoms with E-state index in [-0.39, 0.29) is 5.82 Å². The van der Waals surface area contributed by atoms with Gasteiger partial charge in [0.1, 0.15) is 11.9 Å². The van der Waals surface area contributed by atoms with Gasteiger partial charge in [-0.2, -0.15) is 5.26 Å². The maximum absolute atomic E-state index is 13.5. The topological polar surface area (TPSA) is 23.8 Å². The molecule has 1 aromatic heterocycles. The average molecular weight is 223 g/mol. The second-order valence-electron chi connectivity index (χ2n) is 2.71. The van der Waals surface area contributed by atoms with Gasteiger partial charge in [-0.1, -0.05) is 0 Å². The molecule has 0 bridgehead atoms. The van der Waals surface area contributed by atoms with E-state index < -0.39 is 0 Å². The molecule has 1 aromatic carbocycles. The lowest BCUT2D eigenvalue weighted by Crippen LogP contribution is -1.84. The minimum Gasteiger partial charge on any atom is -0.206 e. The summed E-state index contributed by atoms with van der Waals surface area (Å²) < 4.78 is 14.2. The average Bonchev–Trinajstić information content (AvgIpc) is 2.66. The molecule has 14 heavy (non-hydrogen) atoms. The lowest BCUT2D eigenvalue weighted by Gasteiger charge is -2.01. The van der Waals surface area contributed by atoms with Gasteiger partial charge in [-0.25, -0.2) is 4.39 Å². The molecule has 0 atom stereocenters. The van der Waals surface area contributed by atoms with E-state index in [4.69, 9.17) is 5.26 Å². The highest BCUT2D eigenvalue weighted by atomic mass is 32.2. The molecule has 0 saturated heterocycles. The summed E-state index contributed by atoms with van der Waals surface area (Å²) in [5, 5.41) is 11.3. The fraction of sp³-hybridized carbons (Fsp3) is 0.100. The first-order valence-corrected chi connectivity index (χ1v) is 6.02. The number of hydrogen-bond donors (Lipinski definition) is 0. The van der Waals surface area contributed by atoms with Crippen molar-refractivity contribution in [2.24, 2.45) is 0 Å². The highest BCUT2D eigenvalue weighted by Crippen LogP contribution is 2.33. The van der Waals surface area contributed by atoms with Crippen molar-refractivity contribution in [3.05, 3.63) is 28.9 Å². The highest BCUT2D eigenvalue weighted by molar-refractivity contribution is 7.98. The van der Waals surface area contributed by atoms with E-state index in [1.54, 1.807) is 11.4 Å². The van der Waals surface area contributed by atoms with Gasteiger partial charge >= 0.3 is 0 Å². The molecule has 70 valence electrons. The number of halogens is 1. The monoisotopic (exact) mass is 223 g/mol. The van der Waals surface area contributed by atoms with E-state index in [0.717, 1.165) is 4.70 Å². The van der Waals surface area contributed by atoms with Crippen molar-refractivity contribution in [3.63, 3.8) is 0 Å². The zero-order valence-corrected chi connectivity index (χ0v) is 9.01. The molecule has 0 unspecified atom stereocenters. The van der Waals surface area contributed by atoms with Crippen molar-refractivity contribution >= 4 is 33.2 Å². The Bertz CT molecular complexity index is 525. The fourth-order valence-corrected chi connectivity index (χ4v) is 2.88. The number of nitrogens with zero attached hydrogens (tertiary/aromatic N) is 1. The van der Waals surface area contributed by atoms with Crippen LogP contribution in [0.25, 0.3) is 10.1 Å². The molecule has 2 rings (SSSR count). The number of benzene rings is 1. The van der Waals surface area contributed by atoms with Crippen LogP contribution in [0.15, 0.2) is 22.4 Å². The molecule has 0 spiro atoms. The molecule has 0 radical (unpaired) electrons. The molecule has 1 nitrogen and oxygen atoms in total. The van der Waals surface area contributed by atoms with Crippen LogP contribution in [-0.4, -0.2) is 6.26 Å². The van der Waals surface area contributed by atoms with Crippen LogP contribution in [0.5, 0.6) is 0 Å². The minimum absolute atomic E-state index is 0.246. The van der Waals surface area contributed by atoms with Gasteiger partial charge in [0.05, 0.1) is 10.3 Å². The molecule has 0 aliphatic heterocycles. The summed E-state index contributed by atoms with van der Waals surface area (Å²) >= 11 is 2.80. The van der Waals surface area contributed by atoms with Crippen LogP contribution in [0.4, 0.5) is 4.39 Å². The van der Waals surface area contributed by atoms with Gasteiger partial charge < -0.3 is 0 Å². The maximum atomic E-state index is 13.5. The van der Waals surface area contributed by atoms with Crippen LogP contribution in [0.2, 0.25) is 0 Å². The Morgan fingerprint density at radius 2 is 2.36 bits per heavy atom. The fourth-order valence-electron chi connectivity index (χ4n) is 1.33. The van der Waals surface area contributed by atoms with E-state index in [2.05, 4.69) is 6.07 Å². The summed E-state index contributed by atoms with van der Waals surface area (Å²) in [6.45, 7) is 0. The SMILES string of the molecule is CSc1cc(F)c2ccsc2c1C#N. The van der Waals surface area contributed by atoms with Gasteiger partial charge in [0.2, 0.25) is 0 Å². The van der Waals surface area contributed by atoms with Gasteiger partial charge in [-0.05, 0) is 23.8 Å². The van der Waals surface area contributed by atoms with E-state index in [0.29, 0.717) is 15.8 Å². The third-order valence-corrected chi connectivity index (χ3v) is 3.68. The predicted octanol–water partition coefficient (Wildman–Crippen LogP) is 3.63. The number of thiophene rings is 1. The Labute approximate surface area is 89.2 Å². The lowest BCUT2D eigenvalue weighted by atomic mass is 10.2. The molecule has 0 aliphatic carbocycles. The van der Waals surface area contributed by atoms with E-state index in [1.807, 2.05) is 6.26 Å². The summed E-state index contributed by atoms with van der Waals surface area (Å²) in [4.78, 5) is 0.708. The Morgan fingerprint density at radius 3 is 3.00 bits per heavy atom. The molecule has 0 fully saturated rings. The predicted molar refractivity (Wildman–Crippen MR) is 58.3 cm³/mol. The quantitative estimate of drug-likeness (QED) is 0.689. The van der Waals surface area contributed by atoms with Crippen LogP contribution < -0.4 is 0 Å². The first-order valence-electron chi connectivity index (χ1n) is 3.91. The van der Waals surface area contributed by atoms with Crippen LogP contribution >= 0.6 is 23.1 Å². The molecule has 1 heterocycles. The third-order valence-electron chi connectivity index (χ3n) is 1.99. The Kier molecular flexibility index (Phi) is 2.44. The van der Waals surface area contributed by atoms with Crippen molar-refractivity contribution in [1.82, 2.24) is 0 Å². The summed E-state index contributed by atoms with van der Waals surface area (Å²) in [6.07, 6.45) is 1.84. The molecule has 0 amide bonds. The summed E-state index contributed by atoms with van der Waals surface area (Å²) in [6, 6.07) is 5.26. The molecule has 0 aliphatic rings. The Hall–Kier alpha value is -1.05. The second kappa shape index (κ2) is 3.60. The van der Waals surface area contributed by atoms with Crippen LogP contribution in [0, 0.1) is 17.1 Å². The van der Waals surface area contributed by atoms with Crippen LogP contribution in [0.1, 0.15) is 5.56 Å². The van der Waals surface area contributed by atoms with Gasteiger partial charge in [0.25, 0.3) is 0 Å². The van der Waals surface area contributed by atoms with E-state index in [1.165, 1.54) is 29.2 Å². The Morgan fingerprint density at radius 1 is 1.57 bits per heavy atom. The summed E-state index contributed by atoms with van der Waals surface area (Å²) in [7, 11) is 0. The van der Waals surface area contributed by atoms with E-state index >= 15 is 0 Å². The molecular formula is C10H6FNS2. The largest absolute Gasteiger partial charge is 0.206 e. The maximum Gasteiger partial charge on any atom is 0.133 e. The molecule has 4 heteroatoms. The summed E-state index contributed by atoms with van der Waals surface area (Å²) in [5.41, 5.74) is 0.587. The van der Waals surface area contributed by atoms with Gasteiger partial charge in [-0.3, -0.25) is 0 Å². The summed E-state index contributed by atoms with van der Waals surface area (Å²) in [5.74, 6) is -0.246. The van der Waals surface area contributed by atoms with Crippen molar-refractivity contribution in [1.29, 1.82) is 5.26 Å². The number of fused-ring (bicyclic) bond motifs is 1. The number of hydrogen-bond acceptors (Lipinski definition) is 3. The highest BCUT2D eigenvalue weighted by Gasteiger charge is 2.12. The first kappa shape index (κ1) is 9.50. The standard InChI is InChI=1S/C10H6FNS2/c1-13-9-4-8(11)6-2-3-14-10(6)7(9)5-12/h2-4H,1H3. The van der Waals surface area contributed by atoms with Gasteiger partial charge in [0, 0.05) is 10.3 Å². The molecular weight excluding hydrogens is 217 g/mol. The molecule has 0 saturated carbocycles. The zero-order valence-electron chi connectivity index (χ0n) is 7.37. The van der Waals surface area contributed by atoms with Crippen molar-refractivity contribution < 1.29 is 4.39 Å². The second-order valence-corrected chi connectivity index (χ2v) is 4.48. The van der Waals surface area contributed by atoms with Crippen LogP contribution in [-0.2, 0) is 0 Å². The van der Waals surface area contributed by atoms with Gasteiger partial charge in [-0.15, -0.1) is 23.1 Å². The smallest absolute Gasteiger partial charge is 0.133 e. The first-order chi connectivity index (χ1) is 6.77. The van der Waals surface area contributed by atoms with Crippen LogP contribution in [0.3, 0.4) is 0 Å². The Balaban J connectivity index is 2.91. The third kappa shape index (κ3) is 1.29. The number of rotatable bonds is 1. The van der Waals surface area contributed by atoms with Crippen molar-refractivity contribution in [3.8, 4) is 6.07 Å². The normalized spacial score (nSPS) is 10.4. The molecule has 2 aromatic rings. The number of nitriles is 1. The van der Waals surface area contributed by atoms with Crippen molar-refractivity contribution in [2.75, 3.05) is 6.26 Å². The number of thioether (sulfide) groups is 1. The van der Waals surface area contributed by atoms with Gasteiger partial charge in [0.15, 0.2) is 0 Å². The zero-order chi connectivity index (χ0) is 10.1.